The van der Waals surface area contributed by atoms with Crippen LogP contribution in [0.25, 0.3) is 0 Å². The lowest BCUT2D eigenvalue weighted by molar-refractivity contribution is -0.165. The van der Waals surface area contributed by atoms with Crippen LogP contribution < -0.4 is 29.6 Å². The molecule has 3 N–H and O–H groups in total. The number of piperidine rings is 1. The molecule has 1 heterocycles. The highest BCUT2D eigenvalue weighted by atomic mass is 16.5. The first kappa shape index (κ1) is 65.9. The minimum Gasteiger partial charge on any atom is -0.508 e. The number of methoxy groups -OCH3 is 3. The zero-order valence-electron chi connectivity index (χ0n) is 49.3. The third-order valence-corrected chi connectivity index (χ3v) is 14.4. The molecule has 5 rings (SSSR count). The highest BCUT2D eigenvalue weighted by Gasteiger charge is 2.43. The van der Waals surface area contributed by atoms with Crippen LogP contribution in [0.5, 0.6) is 28.7 Å². The lowest BCUT2D eigenvalue weighted by atomic mass is 9.87. The maximum atomic E-state index is 14.6. The van der Waals surface area contributed by atoms with E-state index in [4.69, 9.17) is 28.4 Å². The highest BCUT2D eigenvalue weighted by molar-refractivity contribution is 6.38. The second kappa shape index (κ2) is 31.5. The maximum Gasteiger partial charge on any atom is 0.330 e. The van der Waals surface area contributed by atoms with Gasteiger partial charge in [0.15, 0.2) is 18.1 Å². The van der Waals surface area contributed by atoms with Crippen molar-refractivity contribution in [3.8, 4) is 28.7 Å². The first-order valence-electron chi connectivity index (χ1n) is 27.5. The number of Topliss-reactive ketones (excluding diaryl/α,β-unsaturated/α-hetero) is 1. The molecule has 0 radical (unpaired) electrons. The number of carbonyl (C=O) groups is 9. The number of likely N-dealkylation sites (N-methyl/N-ethyl adjacent to an activating group) is 3. The van der Waals surface area contributed by atoms with Crippen LogP contribution in [0.3, 0.4) is 0 Å². The number of hydrogen-bond acceptors (Lipinski definition) is 16. The number of rotatable bonds is 30. The van der Waals surface area contributed by atoms with Gasteiger partial charge in [-0.25, -0.2) is 9.59 Å². The lowest BCUT2D eigenvalue weighted by Gasteiger charge is -2.36. The number of nitrogens with one attached hydrogen (secondary N) is 2. The van der Waals surface area contributed by atoms with Crippen LogP contribution >= 0.6 is 0 Å². The van der Waals surface area contributed by atoms with E-state index in [1.807, 2.05) is 0 Å². The van der Waals surface area contributed by atoms with Crippen molar-refractivity contribution in [1.82, 2.24) is 30.2 Å². The van der Waals surface area contributed by atoms with Crippen molar-refractivity contribution in [2.75, 3.05) is 81.9 Å². The van der Waals surface area contributed by atoms with E-state index in [9.17, 15) is 48.3 Å². The van der Waals surface area contributed by atoms with E-state index in [0.717, 1.165) is 11.0 Å². The summed E-state index contributed by atoms with van der Waals surface area (Å²) in [7, 11) is 8.89. The van der Waals surface area contributed by atoms with E-state index < -0.39 is 96.7 Å². The Kier molecular flexibility index (Phi) is 24.7. The molecule has 4 aromatic carbocycles. The number of amides is 6. The van der Waals surface area contributed by atoms with Gasteiger partial charge in [-0.2, -0.15) is 0 Å². The molecule has 6 amide bonds. The Labute approximate surface area is 490 Å². The number of phenolic OH excluding ortho intramolecular Hbond substituents is 1. The molecule has 22 nitrogen and oxygen atoms in total. The van der Waals surface area contributed by atoms with Crippen LogP contribution in [0.15, 0.2) is 104 Å². The van der Waals surface area contributed by atoms with Gasteiger partial charge in [-0.05, 0) is 99.9 Å². The average molecular weight is 1160 g/mol. The summed E-state index contributed by atoms with van der Waals surface area (Å²) >= 11 is 0. The second-order valence-electron chi connectivity index (χ2n) is 20.9. The molecule has 0 unspecified atom stereocenters. The molecule has 1 saturated heterocycles. The summed E-state index contributed by atoms with van der Waals surface area (Å²) in [4.78, 5) is 127. The molecule has 22 heteroatoms. The predicted molar refractivity (Wildman–Crippen MR) is 309 cm³/mol. The van der Waals surface area contributed by atoms with Crippen LogP contribution in [0.2, 0.25) is 0 Å². The van der Waals surface area contributed by atoms with E-state index in [0.29, 0.717) is 58.9 Å². The largest absolute Gasteiger partial charge is 0.508 e. The van der Waals surface area contributed by atoms with Gasteiger partial charge in [0.2, 0.25) is 29.4 Å². The van der Waals surface area contributed by atoms with Gasteiger partial charge in [0.05, 0.1) is 39.8 Å². The first-order chi connectivity index (χ1) is 40.0. The van der Waals surface area contributed by atoms with Crippen molar-refractivity contribution in [2.45, 2.75) is 89.9 Å². The molecule has 0 bridgehead atoms. The lowest BCUT2D eigenvalue weighted by Crippen LogP contribution is -2.56. The summed E-state index contributed by atoms with van der Waals surface area (Å²) in [5, 5.41) is 15.5. The van der Waals surface area contributed by atoms with E-state index in [-0.39, 0.29) is 62.6 Å². The van der Waals surface area contributed by atoms with Crippen LogP contribution in [-0.2, 0) is 71.9 Å². The molecule has 0 aliphatic carbocycles. The number of ketones is 1. The van der Waals surface area contributed by atoms with Gasteiger partial charge in [-0.15, -0.1) is 0 Å². The third kappa shape index (κ3) is 18.5. The molecule has 1 aliphatic heterocycles. The normalized spacial score (nSPS) is 14.0. The fraction of sp³-hybridized carbons (Fsp3) is 0.435. The zero-order valence-corrected chi connectivity index (χ0v) is 49.3. The van der Waals surface area contributed by atoms with E-state index >= 15 is 0 Å². The van der Waals surface area contributed by atoms with Gasteiger partial charge in [0, 0.05) is 64.8 Å². The van der Waals surface area contributed by atoms with Gasteiger partial charge < -0.3 is 63.8 Å². The molecule has 4 atom stereocenters. The summed E-state index contributed by atoms with van der Waals surface area (Å²) < 4.78 is 34.5. The summed E-state index contributed by atoms with van der Waals surface area (Å²) in [6, 6.07) is 21.3. The van der Waals surface area contributed by atoms with Crippen LogP contribution in [-0.4, -0.2) is 178 Å². The Hall–Kier alpha value is -8.95. The van der Waals surface area contributed by atoms with Gasteiger partial charge in [-0.3, -0.25) is 33.6 Å². The van der Waals surface area contributed by atoms with Crippen LogP contribution in [0.4, 0.5) is 0 Å². The van der Waals surface area contributed by atoms with E-state index in [1.54, 1.807) is 92.8 Å². The van der Waals surface area contributed by atoms with Crippen molar-refractivity contribution in [3.05, 3.63) is 126 Å². The standard InChI is InChI=1S/C62H78N6O16/c1-11-55(73)83-39-62(3,4)57(74)60(77)68-30-17-16-23-48(68)61(78)84-50(29-26-43-34-46(79-8)35-51(80-9)56(43)81-10)42-21-18-22-45(33-42)82-38-54(72)67(7)49(32-41-24-27-44(69)28-25-41)58(75)64-47(31-40-19-14-13-15-20-40)59(76)66(6)37-52(70)63-36-53(71)65(5)12-2/h11,13-15,18-22,24-25,27-28,33-35,47-50,69H,1,12,16-17,23,26,29-32,36-39H2,2-10H3,(H,63,70)(H,64,75)/t47-,48+,49+,50-/m1/s1. The summed E-state index contributed by atoms with van der Waals surface area (Å²) in [6.45, 7) is 6.93. The number of esters is 2. The molecule has 1 fully saturated rings. The molecular formula is C62H78N6O16. The monoisotopic (exact) mass is 1160 g/mol. The molecule has 452 valence electrons. The average Bonchev–Trinajstić information content (AvgIpc) is 3.65. The van der Waals surface area contributed by atoms with E-state index in [2.05, 4.69) is 17.2 Å². The van der Waals surface area contributed by atoms with Crippen molar-refractivity contribution < 1.29 is 76.7 Å². The molecule has 0 spiro atoms. The molecular weight excluding hydrogens is 1080 g/mol. The number of phenols is 1. The van der Waals surface area contributed by atoms with Crippen molar-refractivity contribution in [3.63, 3.8) is 0 Å². The molecule has 1 aliphatic rings. The number of benzene rings is 4. The van der Waals surface area contributed by atoms with Gasteiger partial charge in [0.1, 0.15) is 48.1 Å². The first-order valence-corrected chi connectivity index (χ1v) is 27.5. The third-order valence-electron chi connectivity index (χ3n) is 14.4. The Morgan fingerprint density at radius 1 is 0.810 bits per heavy atom. The molecule has 0 aromatic heterocycles. The van der Waals surface area contributed by atoms with Crippen molar-refractivity contribution in [2.24, 2.45) is 5.41 Å². The Balaban J connectivity index is 1.41. The van der Waals surface area contributed by atoms with Crippen molar-refractivity contribution >= 4 is 53.2 Å². The predicted octanol–water partition coefficient (Wildman–Crippen LogP) is 4.57. The van der Waals surface area contributed by atoms with Gasteiger partial charge in [0.25, 0.3) is 11.8 Å². The zero-order chi connectivity index (χ0) is 61.7. The van der Waals surface area contributed by atoms with Gasteiger partial charge >= 0.3 is 11.9 Å². The summed E-state index contributed by atoms with van der Waals surface area (Å²) in [5.74, 6) is -4.77. The Morgan fingerprint density at radius 3 is 2.17 bits per heavy atom. The number of aryl methyl sites for hydroxylation is 1. The fourth-order valence-electron chi connectivity index (χ4n) is 9.24. The SMILES string of the molecule is C=CC(=O)OCC(C)(C)C(=O)C(=O)N1CCCC[C@H]1C(=O)O[C@H](CCc1cc(OC)cc(OC)c1OC)c1cccc(OCC(=O)N(C)[C@@H](Cc2ccc(O)cc2)C(=O)N[C@H](Cc2ccccc2)C(=O)N(C)CC(=O)NCC(=O)N(C)CC)c1. The topological polar surface area (TPSA) is 266 Å². The maximum absolute atomic E-state index is 14.6. The summed E-state index contributed by atoms with van der Waals surface area (Å²) in [6.07, 6.45) is 1.51. The van der Waals surface area contributed by atoms with Crippen molar-refractivity contribution in [1.29, 1.82) is 0 Å². The number of aromatic hydroxyl groups is 1. The fourth-order valence-corrected chi connectivity index (χ4v) is 9.24. The Morgan fingerprint density at radius 2 is 1.51 bits per heavy atom. The quantitative estimate of drug-likeness (QED) is 0.0367. The number of hydrogen-bond donors (Lipinski definition) is 3. The minimum absolute atomic E-state index is 0.0173. The number of likely N-dealkylation sites (tertiary alicyclic amines) is 1. The number of ether oxygens (including phenoxy) is 6. The summed E-state index contributed by atoms with van der Waals surface area (Å²) in [5.41, 5.74) is 0.913. The van der Waals surface area contributed by atoms with E-state index in [1.165, 1.54) is 76.1 Å². The molecule has 0 saturated carbocycles. The molecule has 4 aromatic rings. The Bertz CT molecular complexity index is 2970. The van der Waals surface area contributed by atoms with Crippen LogP contribution in [0, 0.1) is 5.41 Å². The molecule has 84 heavy (non-hydrogen) atoms. The second-order valence-corrected chi connectivity index (χ2v) is 20.9. The van der Waals surface area contributed by atoms with Crippen LogP contribution in [0.1, 0.15) is 74.8 Å². The minimum atomic E-state index is -1.43. The smallest absolute Gasteiger partial charge is 0.330 e. The highest BCUT2D eigenvalue weighted by Crippen LogP contribution is 2.38. The number of carbonyl (C=O) groups excluding carboxylic acids is 9. The number of nitrogens with zero attached hydrogens (tertiary/aromatic N) is 4. The van der Waals surface area contributed by atoms with Gasteiger partial charge in [-0.1, -0.05) is 61.2 Å².